The van der Waals surface area contributed by atoms with E-state index in [-0.39, 0.29) is 11.9 Å². The van der Waals surface area contributed by atoms with Crippen LogP contribution < -0.4 is 15.2 Å². The van der Waals surface area contributed by atoms with Crippen LogP contribution in [0, 0.1) is 12.7 Å². The Labute approximate surface area is 124 Å². The topological polar surface area (TPSA) is 44.5 Å². The predicted octanol–water partition coefficient (Wildman–Crippen LogP) is 3.74. The van der Waals surface area contributed by atoms with E-state index in [9.17, 15) is 4.39 Å². The van der Waals surface area contributed by atoms with E-state index in [1.807, 2.05) is 25.1 Å². The van der Waals surface area contributed by atoms with Gasteiger partial charge in [-0.25, -0.2) is 4.39 Å². The second-order valence-corrected chi connectivity index (χ2v) is 5.06. The number of hydrogen-bond acceptors (Lipinski definition) is 3. The van der Waals surface area contributed by atoms with Crippen LogP contribution in [0.25, 0.3) is 0 Å². The molecule has 0 fully saturated rings. The van der Waals surface area contributed by atoms with Gasteiger partial charge in [-0.2, -0.15) is 0 Å². The summed E-state index contributed by atoms with van der Waals surface area (Å²) in [6, 6.07) is 10.4. The van der Waals surface area contributed by atoms with Crippen LogP contribution in [0.2, 0.25) is 0 Å². The van der Waals surface area contributed by atoms with E-state index in [0.717, 1.165) is 16.9 Å². The summed E-state index contributed by atoms with van der Waals surface area (Å²) in [6.07, 6.45) is 0. The van der Waals surface area contributed by atoms with Crippen molar-refractivity contribution < 1.29 is 13.9 Å². The van der Waals surface area contributed by atoms with Crippen molar-refractivity contribution in [2.24, 2.45) is 5.73 Å². The quantitative estimate of drug-likeness (QED) is 0.912. The zero-order valence-corrected chi connectivity index (χ0v) is 12.5. The molecule has 2 aromatic rings. The number of ether oxygens (including phenoxy) is 2. The fraction of sp³-hybridized carbons (Fsp3) is 0.294. The van der Waals surface area contributed by atoms with Crippen LogP contribution in [0.1, 0.15) is 29.7 Å². The molecule has 0 bridgehead atoms. The summed E-state index contributed by atoms with van der Waals surface area (Å²) in [6.45, 7) is 3.98. The lowest BCUT2D eigenvalue weighted by atomic mass is 10.1. The van der Waals surface area contributed by atoms with Crippen molar-refractivity contribution in [2.75, 3.05) is 7.11 Å². The van der Waals surface area contributed by atoms with Gasteiger partial charge in [0.2, 0.25) is 0 Å². The molecule has 0 aliphatic rings. The molecule has 21 heavy (non-hydrogen) atoms. The summed E-state index contributed by atoms with van der Waals surface area (Å²) in [7, 11) is 1.62. The fourth-order valence-electron chi connectivity index (χ4n) is 2.06. The largest absolute Gasteiger partial charge is 0.496 e. The molecule has 112 valence electrons. The molecule has 1 atom stereocenters. The number of benzene rings is 2. The van der Waals surface area contributed by atoms with Gasteiger partial charge in [-0.15, -0.1) is 0 Å². The highest BCUT2D eigenvalue weighted by Crippen LogP contribution is 2.25. The van der Waals surface area contributed by atoms with Crippen molar-refractivity contribution in [3.05, 3.63) is 58.9 Å². The minimum atomic E-state index is -0.237. The molecule has 0 aliphatic heterocycles. The maximum Gasteiger partial charge on any atom is 0.126 e. The summed E-state index contributed by atoms with van der Waals surface area (Å²) in [5, 5.41) is 0. The van der Waals surface area contributed by atoms with Crippen LogP contribution in [0.4, 0.5) is 4.39 Å². The lowest BCUT2D eigenvalue weighted by Crippen LogP contribution is -2.07. The minimum Gasteiger partial charge on any atom is -0.496 e. The maximum atomic E-state index is 13.2. The normalized spacial score (nSPS) is 12.0. The van der Waals surface area contributed by atoms with Crippen LogP contribution in [-0.4, -0.2) is 7.11 Å². The van der Waals surface area contributed by atoms with E-state index < -0.39 is 0 Å². The monoisotopic (exact) mass is 289 g/mol. The van der Waals surface area contributed by atoms with E-state index in [1.54, 1.807) is 26.2 Å². The smallest absolute Gasteiger partial charge is 0.126 e. The number of nitrogens with two attached hydrogens (primary N) is 1. The minimum absolute atomic E-state index is 0.0530. The molecule has 0 saturated heterocycles. The number of methoxy groups -OCH3 is 1. The predicted molar refractivity (Wildman–Crippen MR) is 81.1 cm³/mol. The number of hydrogen-bond donors (Lipinski definition) is 1. The van der Waals surface area contributed by atoms with Crippen molar-refractivity contribution in [3.63, 3.8) is 0 Å². The molecule has 0 heterocycles. The molecule has 0 aliphatic carbocycles. The molecule has 2 rings (SSSR count). The summed E-state index contributed by atoms with van der Waals surface area (Å²) in [5.41, 5.74) is 8.38. The SMILES string of the molecule is COc1ccc(C(C)N)cc1COc1ccc(F)c(C)c1. The highest BCUT2D eigenvalue weighted by atomic mass is 19.1. The Bertz CT molecular complexity index is 626. The number of halogens is 1. The molecular formula is C17H20FNO2. The van der Waals surface area contributed by atoms with E-state index in [2.05, 4.69) is 0 Å². The highest BCUT2D eigenvalue weighted by Gasteiger charge is 2.08. The van der Waals surface area contributed by atoms with E-state index in [1.165, 1.54) is 6.07 Å². The van der Waals surface area contributed by atoms with Crippen LogP contribution >= 0.6 is 0 Å². The van der Waals surface area contributed by atoms with Gasteiger partial charge in [0.05, 0.1) is 7.11 Å². The van der Waals surface area contributed by atoms with Gasteiger partial charge in [0.15, 0.2) is 0 Å². The Morgan fingerprint density at radius 1 is 1.19 bits per heavy atom. The molecule has 0 spiro atoms. The zero-order chi connectivity index (χ0) is 15.4. The van der Waals surface area contributed by atoms with E-state index >= 15 is 0 Å². The first-order valence-corrected chi connectivity index (χ1v) is 6.82. The van der Waals surface area contributed by atoms with Gasteiger partial charge in [0.1, 0.15) is 23.9 Å². The lowest BCUT2D eigenvalue weighted by Gasteiger charge is -2.14. The molecule has 2 aromatic carbocycles. The Kier molecular flexibility index (Phi) is 4.81. The number of aryl methyl sites for hydroxylation is 1. The van der Waals surface area contributed by atoms with Crippen molar-refractivity contribution in [1.29, 1.82) is 0 Å². The second-order valence-electron chi connectivity index (χ2n) is 5.06. The third-order valence-corrected chi connectivity index (χ3v) is 3.35. The van der Waals surface area contributed by atoms with Gasteiger partial charge >= 0.3 is 0 Å². The molecular weight excluding hydrogens is 269 g/mol. The van der Waals surface area contributed by atoms with Gasteiger partial charge in [-0.3, -0.25) is 0 Å². The third kappa shape index (κ3) is 3.73. The summed E-state index contributed by atoms with van der Waals surface area (Å²) in [4.78, 5) is 0. The standard InChI is InChI=1S/C17H20FNO2/c1-11-8-15(5-6-16(11)18)21-10-14-9-13(12(2)19)4-7-17(14)20-3/h4-9,12H,10,19H2,1-3H3. The van der Waals surface area contributed by atoms with Crippen LogP contribution in [0.5, 0.6) is 11.5 Å². The van der Waals surface area contributed by atoms with E-state index in [4.69, 9.17) is 15.2 Å². The Morgan fingerprint density at radius 2 is 1.95 bits per heavy atom. The second kappa shape index (κ2) is 6.59. The molecule has 1 unspecified atom stereocenters. The van der Waals surface area contributed by atoms with Crippen molar-refractivity contribution in [2.45, 2.75) is 26.5 Å². The van der Waals surface area contributed by atoms with Gasteiger partial charge < -0.3 is 15.2 Å². The molecule has 0 saturated carbocycles. The van der Waals surface area contributed by atoms with Crippen LogP contribution in [-0.2, 0) is 6.61 Å². The Morgan fingerprint density at radius 3 is 2.57 bits per heavy atom. The average molecular weight is 289 g/mol. The number of rotatable bonds is 5. The molecule has 0 aromatic heterocycles. The van der Waals surface area contributed by atoms with Gasteiger partial charge in [0.25, 0.3) is 0 Å². The summed E-state index contributed by atoms with van der Waals surface area (Å²) < 4.78 is 24.3. The maximum absolute atomic E-state index is 13.2. The highest BCUT2D eigenvalue weighted by molar-refractivity contribution is 5.38. The van der Waals surface area contributed by atoms with Crippen molar-refractivity contribution in [1.82, 2.24) is 0 Å². The molecule has 0 amide bonds. The van der Waals surface area contributed by atoms with Crippen molar-refractivity contribution in [3.8, 4) is 11.5 Å². The Hall–Kier alpha value is -2.07. The first kappa shape index (κ1) is 15.3. The first-order chi connectivity index (χ1) is 10.0. The third-order valence-electron chi connectivity index (χ3n) is 3.35. The van der Waals surface area contributed by atoms with Gasteiger partial charge in [0, 0.05) is 11.6 Å². The van der Waals surface area contributed by atoms with Gasteiger partial charge in [-0.05, 0) is 55.3 Å². The van der Waals surface area contributed by atoms with Crippen molar-refractivity contribution >= 4 is 0 Å². The Balaban J connectivity index is 2.17. The zero-order valence-electron chi connectivity index (χ0n) is 12.5. The fourth-order valence-corrected chi connectivity index (χ4v) is 2.06. The molecule has 2 N–H and O–H groups in total. The first-order valence-electron chi connectivity index (χ1n) is 6.82. The lowest BCUT2D eigenvalue weighted by molar-refractivity contribution is 0.296. The van der Waals surface area contributed by atoms with E-state index in [0.29, 0.717) is 17.9 Å². The van der Waals surface area contributed by atoms with Crippen LogP contribution in [0.15, 0.2) is 36.4 Å². The average Bonchev–Trinajstić information content (AvgIpc) is 2.48. The molecule has 0 radical (unpaired) electrons. The molecule has 3 nitrogen and oxygen atoms in total. The van der Waals surface area contributed by atoms with Gasteiger partial charge in [-0.1, -0.05) is 6.07 Å². The summed E-state index contributed by atoms with van der Waals surface area (Å²) in [5.74, 6) is 1.14. The molecule has 4 heteroatoms. The summed E-state index contributed by atoms with van der Waals surface area (Å²) >= 11 is 0. The van der Waals surface area contributed by atoms with Crippen LogP contribution in [0.3, 0.4) is 0 Å².